The van der Waals surface area contributed by atoms with Gasteiger partial charge in [-0.15, -0.1) is 0 Å². The molecule has 0 amide bonds. The van der Waals surface area contributed by atoms with Crippen LogP contribution in [0.5, 0.6) is 0 Å². The molecule has 2 fully saturated rings. The summed E-state index contributed by atoms with van der Waals surface area (Å²) in [6.07, 6.45) is 5.91. The van der Waals surface area contributed by atoms with Gasteiger partial charge < -0.3 is 15.5 Å². The first-order chi connectivity index (χ1) is 11.6. The van der Waals surface area contributed by atoms with Crippen molar-refractivity contribution in [2.24, 2.45) is 16.6 Å². The average Bonchev–Trinajstić information content (AvgIpc) is 2.88. The Labute approximate surface area is 142 Å². The van der Waals surface area contributed by atoms with Gasteiger partial charge in [-0.2, -0.15) is 0 Å². The molecule has 1 aromatic carbocycles. The van der Waals surface area contributed by atoms with Crippen LogP contribution < -0.4 is 10.6 Å². The van der Waals surface area contributed by atoms with Crippen LogP contribution in [-0.2, 0) is 0 Å². The van der Waals surface area contributed by atoms with Crippen LogP contribution in [-0.4, -0.2) is 43.6 Å². The number of nitrogens with two attached hydrogens (primary N) is 1. The number of anilines is 1. The number of rotatable bonds is 3. The van der Waals surface area contributed by atoms with E-state index in [1.807, 2.05) is 0 Å². The zero-order valence-electron chi connectivity index (χ0n) is 14.1. The maximum Gasteiger partial charge on any atom is 0.191 e. The lowest BCUT2D eigenvalue weighted by molar-refractivity contribution is 0.426. The molecular weight excluding hydrogens is 310 g/mol. The molecule has 3 rings (SSSR count). The zero-order valence-corrected chi connectivity index (χ0v) is 14.1. The molecule has 0 spiro atoms. The molecule has 2 heterocycles. The van der Waals surface area contributed by atoms with Crippen molar-refractivity contribution in [3.05, 3.63) is 29.8 Å². The van der Waals surface area contributed by atoms with Gasteiger partial charge in [0.2, 0.25) is 0 Å². The Morgan fingerprint density at radius 2 is 1.83 bits per heavy atom. The van der Waals surface area contributed by atoms with Gasteiger partial charge in [-0.25, -0.2) is 8.78 Å². The van der Waals surface area contributed by atoms with Gasteiger partial charge in [0.05, 0.1) is 0 Å². The van der Waals surface area contributed by atoms with Crippen LogP contribution in [0.3, 0.4) is 0 Å². The molecule has 0 radical (unpaired) electrons. The van der Waals surface area contributed by atoms with Crippen LogP contribution in [0.25, 0.3) is 0 Å². The van der Waals surface area contributed by atoms with E-state index in [4.69, 9.17) is 5.73 Å². The standard InChI is InChI=1S/C18H26F2N4/c19-16-6-5-15(11-17(16)20)24-10-7-14(13-24)12-22-18(21)23-8-3-1-2-4-9-23/h5-6,11,14H,1-4,7-10,12-13H2,(H2,21,22). The van der Waals surface area contributed by atoms with Crippen LogP contribution in [0.1, 0.15) is 32.1 Å². The van der Waals surface area contributed by atoms with E-state index in [9.17, 15) is 8.78 Å². The maximum atomic E-state index is 13.4. The highest BCUT2D eigenvalue weighted by molar-refractivity contribution is 5.78. The molecule has 6 heteroatoms. The highest BCUT2D eigenvalue weighted by Crippen LogP contribution is 2.25. The minimum absolute atomic E-state index is 0.406. The van der Waals surface area contributed by atoms with Gasteiger partial charge in [0.1, 0.15) is 0 Å². The Hall–Kier alpha value is -1.85. The van der Waals surface area contributed by atoms with E-state index in [-0.39, 0.29) is 0 Å². The second-order valence-corrected chi connectivity index (χ2v) is 6.80. The Morgan fingerprint density at radius 3 is 2.54 bits per heavy atom. The normalized spacial score (nSPS) is 22.8. The summed E-state index contributed by atoms with van der Waals surface area (Å²) in [5.41, 5.74) is 6.89. The van der Waals surface area contributed by atoms with Crippen molar-refractivity contribution in [1.82, 2.24) is 4.90 Å². The molecule has 0 aliphatic carbocycles. The third-order valence-corrected chi connectivity index (χ3v) is 5.00. The van der Waals surface area contributed by atoms with Crippen molar-refractivity contribution in [2.75, 3.05) is 37.6 Å². The molecule has 2 aliphatic heterocycles. The minimum Gasteiger partial charge on any atom is -0.371 e. The van der Waals surface area contributed by atoms with Gasteiger partial charge >= 0.3 is 0 Å². The largest absolute Gasteiger partial charge is 0.371 e. The fourth-order valence-electron chi connectivity index (χ4n) is 3.52. The predicted octanol–water partition coefficient (Wildman–Crippen LogP) is 2.98. The van der Waals surface area contributed by atoms with Crippen LogP contribution in [0.2, 0.25) is 0 Å². The quantitative estimate of drug-likeness (QED) is 0.682. The van der Waals surface area contributed by atoms with Gasteiger partial charge in [0.25, 0.3) is 0 Å². The third-order valence-electron chi connectivity index (χ3n) is 5.00. The highest BCUT2D eigenvalue weighted by Gasteiger charge is 2.23. The number of hydrogen-bond donors (Lipinski definition) is 1. The van der Waals surface area contributed by atoms with E-state index in [2.05, 4.69) is 14.8 Å². The number of benzene rings is 1. The van der Waals surface area contributed by atoms with E-state index in [1.165, 1.54) is 37.8 Å². The predicted molar refractivity (Wildman–Crippen MR) is 93.2 cm³/mol. The van der Waals surface area contributed by atoms with Crippen LogP contribution >= 0.6 is 0 Å². The van der Waals surface area contributed by atoms with Gasteiger partial charge in [-0.3, -0.25) is 4.99 Å². The summed E-state index contributed by atoms with van der Waals surface area (Å²) < 4.78 is 26.4. The fraction of sp³-hybridized carbons (Fsp3) is 0.611. The van der Waals surface area contributed by atoms with Crippen LogP contribution in [0.4, 0.5) is 14.5 Å². The van der Waals surface area contributed by atoms with E-state index in [1.54, 1.807) is 6.07 Å². The number of halogens is 2. The van der Waals surface area contributed by atoms with Crippen molar-refractivity contribution < 1.29 is 8.78 Å². The molecule has 132 valence electrons. The SMILES string of the molecule is NC(=NCC1CCN(c2ccc(F)c(F)c2)C1)N1CCCCCC1. The summed E-state index contributed by atoms with van der Waals surface area (Å²) in [6, 6.07) is 4.09. The van der Waals surface area contributed by atoms with Gasteiger partial charge in [0, 0.05) is 44.5 Å². The Balaban J connectivity index is 1.53. The number of aliphatic imine (C=N–C) groups is 1. The lowest BCUT2D eigenvalue weighted by Crippen LogP contribution is -2.38. The summed E-state index contributed by atoms with van der Waals surface area (Å²) in [5.74, 6) is -0.532. The number of nitrogens with zero attached hydrogens (tertiary/aromatic N) is 3. The van der Waals surface area contributed by atoms with Crippen molar-refractivity contribution in [3.63, 3.8) is 0 Å². The lowest BCUT2D eigenvalue weighted by Gasteiger charge is -2.22. The molecule has 0 aromatic heterocycles. The first-order valence-corrected chi connectivity index (χ1v) is 8.88. The summed E-state index contributed by atoms with van der Waals surface area (Å²) in [5, 5.41) is 0. The molecule has 4 nitrogen and oxygen atoms in total. The van der Waals surface area contributed by atoms with E-state index in [0.29, 0.717) is 18.4 Å². The Kier molecular flexibility index (Phi) is 5.53. The molecule has 24 heavy (non-hydrogen) atoms. The van der Waals surface area contributed by atoms with E-state index in [0.717, 1.165) is 38.3 Å². The summed E-state index contributed by atoms with van der Waals surface area (Å²) >= 11 is 0. The summed E-state index contributed by atoms with van der Waals surface area (Å²) in [4.78, 5) is 8.87. The second kappa shape index (κ2) is 7.81. The monoisotopic (exact) mass is 336 g/mol. The summed E-state index contributed by atoms with van der Waals surface area (Å²) in [7, 11) is 0. The number of guanidine groups is 1. The first-order valence-electron chi connectivity index (χ1n) is 8.88. The second-order valence-electron chi connectivity index (χ2n) is 6.80. The molecule has 2 N–H and O–H groups in total. The molecule has 2 aliphatic rings. The molecule has 2 saturated heterocycles. The molecule has 1 atom stereocenters. The lowest BCUT2D eigenvalue weighted by atomic mass is 10.1. The van der Waals surface area contributed by atoms with Crippen LogP contribution in [0, 0.1) is 17.6 Å². The molecule has 0 saturated carbocycles. The third kappa shape index (κ3) is 4.16. The molecule has 1 unspecified atom stereocenters. The number of likely N-dealkylation sites (tertiary alicyclic amines) is 1. The zero-order chi connectivity index (χ0) is 16.9. The van der Waals surface area contributed by atoms with Gasteiger partial charge in [0.15, 0.2) is 17.6 Å². The first kappa shape index (κ1) is 17.0. The molecule has 1 aromatic rings. The van der Waals surface area contributed by atoms with Crippen molar-refractivity contribution in [1.29, 1.82) is 0 Å². The molecular formula is C18H26F2N4. The maximum absolute atomic E-state index is 13.4. The van der Waals surface area contributed by atoms with Gasteiger partial charge in [-0.05, 0) is 37.3 Å². The highest BCUT2D eigenvalue weighted by atomic mass is 19.2. The van der Waals surface area contributed by atoms with E-state index >= 15 is 0 Å². The van der Waals surface area contributed by atoms with Crippen molar-refractivity contribution in [2.45, 2.75) is 32.1 Å². The average molecular weight is 336 g/mol. The van der Waals surface area contributed by atoms with Crippen LogP contribution in [0.15, 0.2) is 23.2 Å². The Morgan fingerprint density at radius 1 is 1.08 bits per heavy atom. The number of hydrogen-bond acceptors (Lipinski definition) is 2. The van der Waals surface area contributed by atoms with Gasteiger partial charge in [-0.1, -0.05) is 12.8 Å². The smallest absolute Gasteiger partial charge is 0.191 e. The van der Waals surface area contributed by atoms with Crippen molar-refractivity contribution >= 4 is 11.6 Å². The topological polar surface area (TPSA) is 44.9 Å². The minimum atomic E-state index is -0.802. The molecule has 0 bridgehead atoms. The van der Waals surface area contributed by atoms with Crippen molar-refractivity contribution in [3.8, 4) is 0 Å². The fourth-order valence-corrected chi connectivity index (χ4v) is 3.52. The summed E-state index contributed by atoms with van der Waals surface area (Å²) in [6.45, 7) is 4.35. The van der Waals surface area contributed by atoms with E-state index < -0.39 is 11.6 Å². The Bertz CT molecular complexity index is 582.